The fourth-order valence-electron chi connectivity index (χ4n) is 2.96. The Labute approximate surface area is 99.8 Å². The van der Waals surface area contributed by atoms with Crippen LogP contribution in [0.25, 0.3) is 0 Å². The molecule has 1 aromatic rings. The number of rotatable bonds is 1. The van der Waals surface area contributed by atoms with Gasteiger partial charge in [0, 0.05) is 25.7 Å². The van der Waals surface area contributed by atoms with Crippen LogP contribution in [0.15, 0.2) is 18.2 Å². The molecule has 0 aromatic heterocycles. The SMILES string of the molecule is N#Cc1ccc(N2CC[C@H]3CNC[C@H]32)c(F)c1. The van der Waals surface area contributed by atoms with Crippen molar-refractivity contribution >= 4 is 5.69 Å². The number of nitriles is 1. The van der Waals surface area contributed by atoms with Gasteiger partial charge in [-0.2, -0.15) is 5.26 Å². The lowest BCUT2D eigenvalue weighted by Gasteiger charge is -2.26. The van der Waals surface area contributed by atoms with Crippen LogP contribution >= 0.6 is 0 Å². The average molecular weight is 231 g/mol. The van der Waals surface area contributed by atoms with Gasteiger partial charge in [-0.3, -0.25) is 0 Å². The summed E-state index contributed by atoms with van der Waals surface area (Å²) in [4.78, 5) is 2.14. The molecule has 2 saturated heterocycles. The second-order valence-electron chi connectivity index (χ2n) is 4.75. The molecular weight excluding hydrogens is 217 g/mol. The summed E-state index contributed by atoms with van der Waals surface area (Å²) in [6.07, 6.45) is 1.12. The Morgan fingerprint density at radius 2 is 2.29 bits per heavy atom. The lowest BCUT2D eigenvalue weighted by atomic mass is 10.0. The van der Waals surface area contributed by atoms with Crippen LogP contribution in [-0.4, -0.2) is 25.7 Å². The molecule has 3 rings (SSSR count). The highest BCUT2D eigenvalue weighted by Gasteiger charge is 2.38. The van der Waals surface area contributed by atoms with Gasteiger partial charge >= 0.3 is 0 Å². The third kappa shape index (κ3) is 1.67. The lowest BCUT2D eigenvalue weighted by molar-refractivity contribution is 0.570. The van der Waals surface area contributed by atoms with E-state index in [0.29, 0.717) is 23.2 Å². The molecule has 2 atom stereocenters. The molecule has 2 aliphatic rings. The molecule has 0 radical (unpaired) electrons. The molecule has 1 N–H and O–H groups in total. The largest absolute Gasteiger partial charge is 0.365 e. The second-order valence-corrected chi connectivity index (χ2v) is 4.75. The van der Waals surface area contributed by atoms with Gasteiger partial charge in [0.2, 0.25) is 0 Å². The number of nitrogens with zero attached hydrogens (tertiary/aromatic N) is 2. The van der Waals surface area contributed by atoms with Crippen LogP contribution in [0.4, 0.5) is 10.1 Å². The van der Waals surface area contributed by atoms with Crippen LogP contribution in [0.2, 0.25) is 0 Å². The zero-order valence-corrected chi connectivity index (χ0v) is 9.49. The number of nitrogens with one attached hydrogen (secondary N) is 1. The highest BCUT2D eigenvalue weighted by atomic mass is 19.1. The molecule has 88 valence electrons. The van der Waals surface area contributed by atoms with E-state index >= 15 is 0 Å². The van der Waals surface area contributed by atoms with Gasteiger partial charge in [-0.15, -0.1) is 0 Å². The summed E-state index contributed by atoms with van der Waals surface area (Å²) in [6.45, 7) is 2.89. The minimum atomic E-state index is -0.281. The molecule has 3 nitrogen and oxygen atoms in total. The van der Waals surface area contributed by atoms with Crippen LogP contribution in [0.5, 0.6) is 0 Å². The van der Waals surface area contributed by atoms with E-state index in [1.165, 1.54) is 6.07 Å². The first-order valence-electron chi connectivity index (χ1n) is 5.96. The molecule has 2 heterocycles. The third-order valence-electron chi connectivity index (χ3n) is 3.83. The summed E-state index contributed by atoms with van der Waals surface area (Å²) >= 11 is 0. The number of hydrogen-bond donors (Lipinski definition) is 1. The normalized spacial score (nSPS) is 26.9. The highest BCUT2D eigenvalue weighted by Crippen LogP contribution is 2.33. The van der Waals surface area contributed by atoms with Crippen molar-refractivity contribution in [2.45, 2.75) is 12.5 Å². The summed E-state index contributed by atoms with van der Waals surface area (Å²) < 4.78 is 13.9. The topological polar surface area (TPSA) is 39.1 Å². The number of benzene rings is 1. The maximum Gasteiger partial charge on any atom is 0.147 e. The van der Waals surface area contributed by atoms with Crippen molar-refractivity contribution in [2.75, 3.05) is 24.5 Å². The Kier molecular flexibility index (Phi) is 2.49. The number of halogens is 1. The van der Waals surface area contributed by atoms with Crippen LogP contribution in [-0.2, 0) is 0 Å². The Hall–Kier alpha value is -1.60. The number of fused-ring (bicyclic) bond motifs is 1. The molecule has 0 bridgehead atoms. The maximum atomic E-state index is 13.9. The Bertz CT molecular complexity index is 480. The van der Waals surface area contributed by atoms with Gasteiger partial charge in [0.25, 0.3) is 0 Å². The van der Waals surface area contributed by atoms with Crippen molar-refractivity contribution in [3.8, 4) is 6.07 Å². The monoisotopic (exact) mass is 231 g/mol. The van der Waals surface area contributed by atoms with Crippen molar-refractivity contribution in [2.24, 2.45) is 5.92 Å². The highest BCUT2D eigenvalue weighted by molar-refractivity contribution is 5.53. The number of anilines is 1. The van der Waals surface area contributed by atoms with Crippen molar-refractivity contribution in [3.05, 3.63) is 29.6 Å². The quantitative estimate of drug-likeness (QED) is 0.796. The molecule has 2 fully saturated rings. The first-order chi connectivity index (χ1) is 8.29. The van der Waals surface area contributed by atoms with E-state index in [2.05, 4.69) is 10.2 Å². The predicted molar refractivity (Wildman–Crippen MR) is 63.2 cm³/mol. The molecule has 0 saturated carbocycles. The summed E-state index contributed by atoms with van der Waals surface area (Å²) in [5.74, 6) is 0.363. The van der Waals surface area contributed by atoms with E-state index in [1.54, 1.807) is 12.1 Å². The molecule has 1 aromatic carbocycles. The van der Waals surface area contributed by atoms with Gasteiger partial charge in [0.05, 0.1) is 17.3 Å². The Morgan fingerprint density at radius 1 is 1.41 bits per heavy atom. The van der Waals surface area contributed by atoms with E-state index < -0.39 is 0 Å². The van der Waals surface area contributed by atoms with E-state index in [4.69, 9.17) is 5.26 Å². The zero-order chi connectivity index (χ0) is 11.8. The van der Waals surface area contributed by atoms with Crippen molar-refractivity contribution < 1.29 is 4.39 Å². The van der Waals surface area contributed by atoms with Gasteiger partial charge in [-0.05, 0) is 30.5 Å². The van der Waals surface area contributed by atoms with Crippen LogP contribution in [0, 0.1) is 23.1 Å². The molecule has 0 unspecified atom stereocenters. The molecule has 0 aliphatic carbocycles. The third-order valence-corrected chi connectivity index (χ3v) is 3.83. The zero-order valence-electron chi connectivity index (χ0n) is 9.49. The first kappa shape index (κ1) is 10.5. The van der Waals surface area contributed by atoms with Gasteiger partial charge in [-0.1, -0.05) is 0 Å². The summed E-state index contributed by atoms with van der Waals surface area (Å²) in [6, 6.07) is 7.12. The standard InChI is InChI=1S/C13H14FN3/c14-11-5-9(6-15)1-2-12(11)17-4-3-10-7-16-8-13(10)17/h1-2,5,10,13,16H,3-4,7-8H2/t10-,13+/m0/s1. The molecule has 4 heteroatoms. The summed E-state index contributed by atoms with van der Waals surface area (Å²) in [5, 5.41) is 12.1. The molecule has 2 aliphatic heterocycles. The fraction of sp³-hybridized carbons (Fsp3) is 0.462. The Morgan fingerprint density at radius 3 is 3.06 bits per heavy atom. The van der Waals surface area contributed by atoms with E-state index in [0.717, 1.165) is 26.1 Å². The smallest absolute Gasteiger partial charge is 0.147 e. The summed E-state index contributed by atoms with van der Waals surface area (Å²) in [5.41, 5.74) is 1.02. The van der Waals surface area contributed by atoms with Crippen LogP contribution in [0.1, 0.15) is 12.0 Å². The maximum absolute atomic E-state index is 13.9. The van der Waals surface area contributed by atoms with Gasteiger partial charge < -0.3 is 10.2 Å². The van der Waals surface area contributed by atoms with Crippen molar-refractivity contribution in [1.29, 1.82) is 5.26 Å². The van der Waals surface area contributed by atoms with Crippen molar-refractivity contribution in [3.63, 3.8) is 0 Å². The average Bonchev–Trinajstić information content (AvgIpc) is 2.91. The predicted octanol–water partition coefficient (Wildman–Crippen LogP) is 1.50. The van der Waals surface area contributed by atoms with E-state index in [1.807, 2.05) is 6.07 Å². The minimum Gasteiger partial charge on any atom is -0.365 e. The number of hydrogen-bond acceptors (Lipinski definition) is 3. The summed E-state index contributed by atoms with van der Waals surface area (Å²) in [7, 11) is 0. The lowest BCUT2D eigenvalue weighted by Crippen LogP contribution is -2.34. The molecular formula is C13H14FN3. The first-order valence-corrected chi connectivity index (χ1v) is 5.96. The Balaban J connectivity index is 1.92. The van der Waals surface area contributed by atoms with E-state index in [-0.39, 0.29) is 5.82 Å². The molecule has 0 spiro atoms. The minimum absolute atomic E-state index is 0.281. The van der Waals surface area contributed by atoms with Crippen LogP contribution in [0.3, 0.4) is 0 Å². The molecule has 17 heavy (non-hydrogen) atoms. The van der Waals surface area contributed by atoms with Gasteiger partial charge in [0.1, 0.15) is 5.82 Å². The van der Waals surface area contributed by atoms with Crippen molar-refractivity contribution in [1.82, 2.24) is 5.32 Å². The molecule has 0 amide bonds. The van der Waals surface area contributed by atoms with E-state index in [9.17, 15) is 4.39 Å². The van der Waals surface area contributed by atoms with Crippen LogP contribution < -0.4 is 10.2 Å². The van der Waals surface area contributed by atoms with Gasteiger partial charge in [0.15, 0.2) is 0 Å². The second kappa shape index (κ2) is 4.01. The van der Waals surface area contributed by atoms with Gasteiger partial charge in [-0.25, -0.2) is 4.39 Å². The fourth-order valence-corrected chi connectivity index (χ4v) is 2.96.